The zero-order valence-corrected chi connectivity index (χ0v) is 20.1. The summed E-state index contributed by atoms with van der Waals surface area (Å²) in [5.74, 6) is 0.351. The van der Waals surface area contributed by atoms with Crippen LogP contribution < -0.4 is 0 Å². The van der Waals surface area contributed by atoms with Crippen molar-refractivity contribution in [2.45, 2.75) is 110 Å². The molecule has 1 heterocycles. The van der Waals surface area contributed by atoms with Crippen molar-refractivity contribution in [2.24, 2.45) is 11.3 Å². The van der Waals surface area contributed by atoms with E-state index < -0.39 is 8.32 Å². The van der Waals surface area contributed by atoms with Gasteiger partial charge in [-0.25, -0.2) is 0 Å². The first kappa shape index (κ1) is 23.7. The Morgan fingerprint density at radius 1 is 1.18 bits per heavy atom. The van der Waals surface area contributed by atoms with Gasteiger partial charge in [0.2, 0.25) is 0 Å². The molecule has 0 bridgehead atoms. The van der Waals surface area contributed by atoms with Crippen molar-refractivity contribution in [3.8, 4) is 0 Å². The van der Waals surface area contributed by atoms with Crippen LogP contribution in [0.2, 0.25) is 18.1 Å². The molecule has 0 unspecified atom stereocenters. The molecule has 2 rings (SSSR count). The highest BCUT2D eigenvalue weighted by Gasteiger charge is 2.40. The van der Waals surface area contributed by atoms with Gasteiger partial charge in [-0.3, -0.25) is 4.79 Å². The topological polar surface area (TPSA) is 35.5 Å². The van der Waals surface area contributed by atoms with Gasteiger partial charge in [-0.15, -0.1) is 0 Å². The van der Waals surface area contributed by atoms with E-state index in [1.807, 2.05) is 0 Å². The van der Waals surface area contributed by atoms with E-state index in [2.05, 4.69) is 46.0 Å². The summed E-state index contributed by atoms with van der Waals surface area (Å²) in [6, 6.07) is 0. The quantitative estimate of drug-likeness (QED) is 0.258. The van der Waals surface area contributed by atoms with Gasteiger partial charge in [0.15, 0.2) is 8.32 Å². The lowest BCUT2D eigenvalue weighted by Gasteiger charge is -2.43. The lowest BCUT2D eigenvalue weighted by atomic mass is 9.71. The van der Waals surface area contributed by atoms with Gasteiger partial charge < -0.3 is 9.16 Å². The molecule has 1 aliphatic carbocycles. The summed E-state index contributed by atoms with van der Waals surface area (Å²) < 4.78 is 12.2. The monoisotopic (exact) mass is 408 g/mol. The Bertz CT molecular complexity index is 512. The molecule has 0 aromatic heterocycles. The van der Waals surface area contributed by atoms with Crippen LogP contribution in [0.1, 0.15) is 91.4 Å². The first-order valence-electron chi connectivity index (χ1n) is 11.6. The lowest BCUT2D eigenvalue weighted by Crippen LogP contribution is -2.44. The Balaban J connectivity index is 1.90. The van der Waals surface area contributed by atoms with Crippen LogP contribution in [-0.4, -0.2) is 27.5 Å². The van der Waals surface area contributed by atoms with Gasteiger partial charge in [0.1, 0.15) is 0 Å². The number of hydrogen-bond acceptors (Lipinski definition) is 3. The third-order valence-corrected chi connectivity index (χ3v) is 11.8. The third kappa shape index (κ3) is 7.33. The number of hydrogen-bond donors (Lipinski definition) is 0. The SMILES string of the molecule is CC(C)(C)[Si](C)(C)OCC1(CCC[C@@H]2/C=C\CCCC(=O)OC2)CCCCC1. The van der Waals surface area contributed by atoms with E-state index in [1.165, 1.54) is 44.9 Å². The first-order valence-corrected chi connectivity index (χ1v) is 14.5. The minimum Gasteiger partial charge on any atom is -0.465 e. The van der Waals surface area contributed by atoms with E-state index >= 15 is 0 Å². The second kappa shape index (κ2) is 10.4. The van der Waals surface area contributed by atoms with Gasteiger partial charge in [0.05, 0.1) is 6.61 Å². The van der Waals surface area contributed by atoms with Crippen LogP contribution >= 0.6 is 0 Å². The zero-order valence-electron chi connectivity index (χ0n) is 19.1. The molecule has 0 radical (unpaired) electrons. The summed E-state index contributed by atoms with van der Waals surface area (Å²) in [5, 5.41) is 0.273. The molecule has 1 aliphatic heterocycles. The Labute approximate surface area is 174 Å². The molecule has 0 amide bonds. The van der Waals surface area contributed by atoms with Crippen molar-refractivity contribution in [3.63, 3.8) is 0 Å². The first-order chi connectivity index (χ1) is 13.1. The highest BCUT2D eigenvalue weighted by Crippen LogP contribution is 2.44. The van der Waals surface area contributed by atoms with Gasteiger partial charge in [-0.1, -0.05) is 58.6 Å². The van der Waals surface area contributed by atoms with Gasteiger partial charge in [0, 0.05) is 18.9 Å². The maximum absolute atomic E-state index is 11.7. The Hall–Kier alpha value is -0.613. The van der Waals surface area contributed by atoms with Crippen molar-refractivity contribution >= 4 is 14.3 Å². The summed E-state index contributed by atoms with van der Waals surface area (Å²) >= 11 is 0. The van der Waals surface area contributed by atoms with Crippen molar-refractivity contribution in [2.75, 3.05) is 13.2 Å². The smallest absolute Gasteiger partial charge is 0.305 e. The molecule has 0 saturated heterocycles. The fraction of sp³-hybridized carbons (Fsp3) is 0.875. The molecule has 0 N–H and O–H groups in total. The predicted molar refractivity (Wildman–Crippen MR) is 120 cm³/mol. The fourth-order valence-corrected chi connectivity index (χ4v) is 5.32. The van der Waals surface area contributed by atoms with E-state index in [9.17, 15) is 4.79 Å². The molecule has 1 atom stereocenters. The minimum absolute atomic E-state index is 0.0276. The zero-order chi connectivity index (χ0) is 20.7. The molecule has 162 valence electrons. The van der Waals surface area contributed by atoms with Crippen molar-refractivity contribution in [1.82, 2.24) is 0 Å². The van der Waals surface area contributed by atoms with Crippen LogP contribution in [0.15, 0.2) is 12.2 Å². The summed E-state index contributed by atoms with van der Waals surface area (Å²) in [6.45, 7) is 13.2. The largest absolute Gasteiger partial charge is 0.465 e. The van der Waals surface area contributed by atoms with E-state index in [1.54, 1.807) is 0 Å². The molecule has 3 nitrogen and oxygen atoms in total. The molecule has 1 saturated carbocycles. The lowest BCUT2D eigenvalue weighted by molar-refractivity contribution is -0.144. The molecule has 0 spiro atoms. The summed E-state index contributed by atoms with van der Waals surface area (Å²) in [7, 11) is -1.70. The maximum atomic E-state index is 11.7. The van der Waals surface area contributed by atoms with Crippen LogP contribution in [0.25, 0.3) is 0 Å². The average molecular weight is 409 g/mol. The molecule has 4 heteroatoms. The predicted octanol–water partition coefficient (Wildman–Crippen LogP) is 7.03. The number of rotatable bonds is 7. The second-order valence-electron chi connectivity index (χ2n) is 10.8. The molecular weight excluding hydrogens is 364 g/mol. The highest BCUT2D eigenvalue weighted by atomic mass is 28.4. The number of allylic oxidation sites excluding steroid dienone is 1. The fourth-order valence-electron chi connectivity index (χ4n) is 4.22. The molecule has 2 aliphatic rings. The number of cyclic esters (lactones) is 1. The highest BCUT2D eigenvalue weighted by molar-refractivity contribution is 6.74. The van der Waals surface area contributed by atoms with Crippen LogP contribution in [-0.2, 0) is 14.0 Å². The summed E-state index contributed by atoms with van der Waals surface area (Å²) in [6.07, 6.45) is 17.3. The molecule has 0 aromatic rings. The van der Waals surface area contributed by atoms with Crippen LogP contribution in [0.3, 0.4) is 0 Å². The normalized spacial score (nSPS) is 25.3. The van der Waals surface area contributed by atoms with Crippen molar-refractivity contribution in [3.05, 3.63) is 12.2 Å². The average Bonchev–Trinajstić information content (AvgIpc) is 2.73. The Morgan fingerprint density at radius 2 is 1.89 bits per heavy atom. The summed E-state index contributed by atoms with van der Waals surface area (Å²) in [5.41, 5.74) is 0.368. The van der Waals surface area contributed by atoms with Crippen LogP contribution in [0.4, 0.5) is 0 Å². The van der Waals surface area contributed by atoms with Gasteiger partial charge in [-0.05, 0) is 62.1 Å². The Kier molecular flexibility index (Phi) is 8.81. The number of carbonyl (C=O) groups excluding carboxylic acids is 1. The van der Waals surface area contributed by atoms with Gasteiger partial charge in [-0.2, -0.15) is 0 Å². The Morgan fingerprint density at radius 3 is 2.57 bits per heavy atom. The van der Waals surface area contributed by atoms with Crippen LogP contribution in [0, 0.1) is 11.3 Å². The maximum Gasteiger partial charge on any atom is 0.305 e. The van der Waals surface area contributed by atoms with Crippen molar-refractivity contribution in [1.29, 1.82) is 0 Å². The van der Waals surface area contributed by atoms with E-state index in [-0.39, 0.29) is 11.0 Å². The molecular formula is C24H44O3Si. The number of esters is 1. The van der Waals surface area contributed by atoms with E-state index in [4.69, 9.17) is 9.16 Å². The number of ether oxygens (including phenoxy) is 1. The van der Waals surface area contributed by atoms with Crippen LogP contribution in [0.5, 0.6) is 0 Å². The van der Waals surface area contributed by atoms with Gasteiger partial charge in [0.25, 0.3) is 0 Å². The number of carbonyl (C=O) groups is 1. The van der Waals surface area contributed by atoms with E-state index in [0.717, 1.165) is 25.9 Å². The standard InChI is InChI=1S/C24H44O3Si/c1-23(2,3)28(4,5)27-20-24(16-10-7-11-17-24)18-12-14-21-13-8-6-9-15-22(25)26-19-21/h8,13,21H,6-7,9-12,14-20H2,1-5H3/b13-8-/t21-/m0/s1. The minimum atomic E-state index is -1.70. The molecule has 0 aromatic carbocycles. The summed E-state index contributed by atoms with van der Waals surface area (Å²) in [4.78, 5) is 11.7. The van der Waals surface area contributed by atoms with Crippen molar-refractivity contribution < 1.29 is 14.0 Å². The third-order valence-electron chi connectivity index (χ3n) is 7.36. The van der Waals surface area contributed by atoms with Gasteiger partial charge >= 0.3 is 5.97 Å². The van der Waals surface area contributed by atoms with E-state index in [0.29, 0.717) is 24.4 Å². The second-order valence-corrected chi connectivity index (χ2v) is 15.6. The molecule has 1 fully saturated rings. The molecule has 28 heavy (non-hydrogen) atoms.